The third-order valence-corrected chi connectivity index (χ3v) is 3.99. The highest BCUT2D eigenvalue weighted by Crippen LogP contribution is 2.51. The minimum Gasteiger partial charge on any atom is -0.369 e. The lowest BCUT2D eigenvalue weighted by atomic mass is 9.92. The molecule has 1 aromatic rings. The number of aryl methyl sites for hydroxylation is 1. The predicted octanol–water partition coefficient (Wildman–Crippen LogP) is 3.54. The molecule has 0 unspecified atom stereocenters. The zero-order valence-electron chi connectivity index (χ0n) is 10.8. The zero-order chi connectivity index (χ0) is 12.5. The van der Waals surface area contributed by atoms with Crippen LogP contribution in [-0.4, -0.2) is 16.5 Å². The van der Waals surface area contributed by atoms with Crippen molar-refractivity contribution in [1.29, 1.82) is 0 Å². The number of halogens is 1. The van der Waals surface area contributed by atoms with Gasteiger partial charge in [0.05, 0.1) is 0 Å². The molecule has 94 valence electrons. The van der Waals surface area contributed by atoms with Gasteiger partial charge in [0.25, 0.3) is 0 Å². The van der Waals surface area contributed by atoms with Gasteiger partial charge in [0.1, 0.15) is 16.8 Å². The molecule has 0 bridgehead atoms. The highest BCUT2D eigenvalue weighted by atomic mass is 35.5. The van der Waals surface area contributed by atoms with E-state index in [-0.39, 0.29) is 0 Å². The van der Waals surface area contributed by atoms with E-state index in [0.717, 1.165) is 30.5 Å². The number of anilines is 1. The van der Waals surface area contributed by atoms with Crippen molar-refractivity contribution in [2.24, 2.45) is 11.3 Å². The Hall–Kier alpha value is -0.830. The van der Waals surface area contributed by atoms with Crippen LogP contribution in [-0.2, 0) is 6.42 Å². The van der Waals surface area contributed by atoms with Gasteiger partial charge in [-0.1, -0.05) is 32.4 Å². The van der Waals surface area contributed by atoms with Crippen LogP contribution >= 0.6 is 11.6 Å². The van der Waals surface area contributed by atoms with E-state index >= 15 is 0 Å². The van der Waals surface area contributed by atoms with Gasteiger partial charge < -0.3 is 5.32 Å². The summed E-state index contributed by atoms with van der Waals surface area (Å²) in [5, 5.41) is 3.93. The molecule has 2 rings (SSSR count). The molecule has 0 aliphatic heterocycles. The Labute approximate surface area is 108 Å². The summed E-state index contributed by atoms with van der Waals surface area (Å²) in [6, 6.07) is 1.80. The van der Waals surface area contributed by atoms with Gasteiger partial charge in [-0.05, 0) is 24.2 Å². The molecule has 1 N–H and O–H groups in total. The van der Waals surface area contributed by atoms with Crippen molar-refractivity contribution < 1.29 is 0 Å². The lowest BCUT2D eigenvalue weighted by Crippen LogP contribution is -2.21. The molecule has 1 fully saturated rings. The predicted molar refractivity (Wildman–Crippen MR) is 71.4 cm³/mol. The number of hydrogen-bond acceptors (Lipinski definition) is 3. The first kappa shape index (κ1) is 12.6. The summed E-state index contributed by atoms with van der Waals surface area (Å²) in [7, 11) is 0. The third-order valence-electron chi connectivity index (χ3n) is 3.80. The number of nitrogens with zero attached hydrogens (tertiary/aromatic N) is 2. The van der Waals surface area contributed by atoms with Gasteiger partial charge in [0.2, 0.25) is 0 Å². The van der Waals surface area contributed by atoms with Crippen LogP contribution in [0.25, 0.3) is 0 Å². The molecule has 17 heavy (non-hydrogen) atoms. The number of nitrogens with one attached hydrogen (secondary N) is 1. The normalized spacial score (nSPS) is 17.2. The maximum absolute atomic E-state index is 5.97. The molecule has 1 aliphatic rings. The lowest BCUT2D eigenvalue weighted by Gasteiger charge is -2.20. The monoisotopic (exact) mass is 253 g/mol. The summed E-state index contributed by atoms with van der Waals surface area (Å²) in [6.45, 7) is 7.60. The molecule has 3 nitrogen and oxygen atoms in total. The summed E-state index contributed by atoms with van der Waals surface area (Å²) in [5.74, 6) is 2.38. The van der Waals surface area contributed by atoms with Crippen LogP contribution in [0, 0.1) is 11.3 Å². The van der Waals surface area contributed by atoms with Gasteiger partial charge in [-0.3, -0.25) is 0 Å². The van der Waals surface area contributed by atoms with Gasteiger partial charge in [-0.15, -0.1) is 0 Å². The highest BCUT2D eigenvalue weighted by Gasteiger charge is 2.44. The Morgan fingerprint density at radius 2 is 2.12 bits per heavy atom. The Bertz CT molecular complexity index is 400. The first-order valence-corrected chi connectivity index (χ1v) is 6.71. The Kier molecular flexibility index (Phi) is 3.57. The molecule has 1 aromatic heterocycles. The van der Waals surface area contributed by atoms with Crippen molar-refractivity contribution in [1.82, 2.24) is 9.97 Å². The highest BCUT2D eigenvalue weighted by molar-refractivity contribution is 6.29. The van der Waals surface area contributed by atoms with Gasteiger partial charge >= 0.3 is 0 Å². The molecule has 0 atom stereocenters. The van der Waals surface area contributed by atoms with Gasteiger partial charge in [0, 0.05) is 19.0 Å². The van der Waals surface area contributed by atoms with E-state index in [1.807, 2.05) is 6.92 Å². The Morgan fingerprint density at radius 3 is 2.65 bits per heavy atom. The smallest absolute Gasteiger partial charge is 0.134 e. The van der Waals surface area contributed by atoms with E-state index in [9.17, 15) is 0 Å². The van der Waals surface area contributed by atoms with Crippen LogP contribution in [0.3, 0.4) is 0 Å². The first-order chi connectivity index (χ1) is 8.05. The van der Waals surface area contributed by atoms with Crippen LogP contribution in [0.1, 0.15) is 39.4 Å². The summed E-state index contributed by atoms with van der Waals surface area (Å²) in [5.41, 5.74) is 0.476. The molecule has 1 aliphatic carbocycles. The van der Waals surface area contributed by atoms with Crippen molar-refractivity contribution >= 4 is 17.4 Å². The van der Waals surface area contributed by atoms with E-state index in [0.29, 0.717) is 10.6 Å². The fourth-order valence-electron chi connectivity index (χ4n) is 2.10. The molecule has 0 radical (unpaired) electrons. The van der Waals surface area contributed by atoms with Crippen molar-refractivity contribution in [3.63, 3.8) is 0 Å². The largest absolute Gasteiger partial charge is 0.369 e. The maximum atomic E-state index is 5.97. The molecule has 0 spiro atoms. The van der Waals surface area contributed by atoms with E-state index in [1.165, 1.54) is 12.8 Å². The summed E-state index contributed by atoms with van der Waals surface area (Å²) < 4.78 is 0. The van der Waals surface area contributed by atoms with E-state index in [1.54, 1.807) is 6.07 Å². The maximum Gasteiger partial charge on any atom is 0.134 e. The van der Waals surface area contributed by atoms with Crippen LogP contribution in [0.4, 0.5) is 5.82 Å². The minimum absolute atomic E-state index is 0.476. The fourth-order valence-corrected chi connectivity index (χ4v) is 2.30. The SMILES string of the molecule is CCc1nc(Cl)cc(NCC2(C(C)C)CC2)n1. The molecule has 1 heterocycles. The van der Waals surface area contributed by atoms with Crippen molar-refractivity contribution in [3.05, 3.63) is 17.0 Å². The van der Waals surface area contributed by atoms with Crippen molar-refractivity contribution in [3.8, 4) is 0 Å². The van der Waals surface area contributed by atoms with Crippen LogP contribution < -0.4 is 5.32 Å². The molecular weight excluding hydrogens is 234 g/mol. The number of rotatable bonds is 5. The van der Waals surface area contributed by atoms with E-state index < -0.39 is 0 Å². The Balaban J connectivity index is 2.02. The van der Waals surface area contributed by atoms with Gasteiger partial charge in [-0.25, -0.2) is 9.97 Å². The molecular formula is C13H20ClN3. The first-order valence-electron chi connectivity index (χ1n) is 6.33. The standard InChI is InChI=1S/C13H20ClN3/c1-4-11-16-10(14)7-12(17-11)15-8-13(5-6-13)9(2)3/h7,9H,4-6,8H2,1-3H3,(H,15,16,17). The quantitative estimate of drug-likeness (QED) is 0.816. The fraction of sp³-hybridized carbons (Fsp3) is 0.692. The average Bonchev–Trinajstić information content (AvgIpc) is 3.06. The second-order valence-corrected chi connectivity index (χ2v) is 5.60. The summed E-state index contributed by atoms with van der Waals surface area (Å²) >= 11 is 5.97. The topological polar surface area (TPSA) is 37.8 Å². The van der Waals surface area contributed by atoms with Gasteiger partial charge in [-0.2, -0.15) is 0 Å². The summed E-state index contributed by atoms with van der Waals surface area (Å²) in [4.78, 5) is 8.60. The summed E-state index contributed by atoms with van der Waals surface area (Å²) in [6.07, 6.45) is 3.44. The third kappa shape index (κ3) is 2.89. The second kappa shape index (κ2) is 4.81. The Morgan fingerprint density at radius 1 is 1.41 bits per heavy atom. The molecule has 0 saturated heterocycles. The molecule has 0 aromatic carbocycles. The van der Waals surface area contributed by atoms with Crippen LogP contribution in [0.2, 0.25) is 5.15 Å². The lowest BCUT2D eigenvalue weighted by molar-refractivity contribution is 0.380. The van der Waals surface area contributed by atoms with Crippen LogP contribution in [0.5, 0.6) is 0 Å². The van der Waals surface area contributed by atoms with Crippen molar-refractivity contribution in [2.45, 2.75) is 40.0 Å². The molecule has 1 saturated carbocycles. The molecule has 0 amide bonds. The minimum atomic E-state index is 0.476. The second-order valence-electron chi connectivity index (χ2n) is 5.22. The van der Waals surface area contributed by atoms with Gasteiger partial charge in [0.15, 0.2) is 0 Å². The van der Waals surface area contributed by atoms with E-state index in [2.05, 4.69) is 29.1 Å². The van der Waals surface area contributed by atoms with Crippen LogP contribution in [0.15, 0.2) is 6.07 Å². The zero-order valence-corrected chi connectivity index (χ0v) is 11.5. The van der Waals surface area contributed by atoms with E-state index in [4.69, 9.17) is 11.6 Å². The number of hydrogen-bond donors (Lipinski definition) is 1. The van der Waals surface area contributed by atoms with Crippen molar-refractivity contribution in [2.75, 3.05) is 11.9 Å². The average molecular weight is 254 g/mol. The molecule has 4 heteroatoms. The number of aromatic nitrogens is 2.